The second-order valence-corrected chi connectivity index (χ2v) is 5.34. The van der Waals surface area contributed by atoms with Crippen LogP contribution in [-0.2, 0) is 0 Å². The number of nitrogens with one attached hydrogen (secondary N) is 1. The van der Waals surface area contributed by atoms with Gasteiger partial charge in [0.1, 0.15) is 11.5 Å². The molecule has 0 radical (unpaired) electrons. The minimum absolute atomic E-state index is 0.0764. The molecule has 1 atom stereocenters. The maximum atomic E-state index is 13.3. The van der Waals surface area contributed by atoms with Gasteiger partial charge in [-0.3, -0.25) is 4.79 Å². The predicted octanol–water partition coefficient (Wildman–Crippen LogP) is 2.22. The normalized spacial score (nSPS) is 15.7. The average molecular weight is 322 g/mol. The van der Waals surface area contributed by atoms with Crippen molar-refractivity contribution < 1.29 is 13.6 Å². The van der Waals surface area contributed by atoms with Gasteiger partial charge in [-0.2, -0.15) is 0 Å². The lowest BCUT2D eigenvalue weighted by atomic mass is 10.2. The van der Waals surface area contributed by atoms with E-state index in [4.69, 9.17) is 0 Å². The second kappa shape index (κ2) is 6.35. The van der Waals surface area contributed by atoms with Gasteiger partial charge < -0.3 is 5.32 Å². The first-order valence-corrected chi connectivity index (χ1v) is 7.42. The first kappa shape index (κ1) is 15.4. The van der Waals surface area contributed by atoms with Gasteiger partial charge in [-0.25, -0.2) is 23.4 Å². The minimum Gasteiger partial charge on any atom is -0.341 e. The van der Waals surface area contributed by atoms with E-state index in [2.05, 4.69) is 25.6 Å². The number of halogens is 2. The van der Waals surface area contributed by atoms with Crippen LogP contribution in [0.1, 0.15) is 66.7 Å². The molecule has 0 bridgehead atoms. The minimum atomic E-state index is -2.81. The van der Waals surface area contributed by atoms with E-state index in [0.29, 0.717) is 12.2 Å². The number of alkyl halides is 2. The molecule has 0 spiro atoms. The van der Waals surface area contributed by atoms with Crippen LogP contribution in [0.4, 0.5) is 8.78 Å². The smallest absolute Gasteiger partial charge is 0.282 e. The summed E-state index contributed by atoms with van der Waals surface area (Å²) >= 11 is 0. The summed E-state index contributed by atoms with van der Waals surface area (Å²) in [6, 6.07) is 1.11. The number of carbonyl (C=O) groups is 1. The Morgan fingerprint density at radius 3 is 2.65 bits per heavy atom. The zero-order chi connectivity index (χ0) is 16.4. The van der Waals surface area contributed by atoms with Crippen LogP contribution >= 0.6 is 0 Å². The number of amides is 1. The molecule has 1 amide bonds. The monoisotopic (exact) mass is 322 g/mol. The molecule has 2 heterocycles. The summed E-state index contributed by atoms with van der Waals surface area (Å²) in [6.07, 6.45) is 2.39. The Kier molecular flexibility index (Phi) is 4.26. The number of hydrogen-bond acceptors (Lipinski definition) is 5. The average Bonchev–Trinajstić information content (AvgIpc) is 3.30. The molecule has 2 aromatic rings. The summed E-state index contributed by atoms with van der Waals surface area (Å²) < 4.78 is 27.8. The van der Waals surface area contributed by atoms with E-state index in [-0.39, 0.29) is 11.7 Å². The molecule has 1 N–H and O–H groups in total. The topological polar surface area (TPSA) is 85.6 Å². The number of aromatic nitrogens is 5. The molecule has 23 heavy (non-hydrogen) atoms. The van der Waals surface area contributed by atoms with E-state index in [1.54, 1.807) is 18.5 Å². The molecule has 1 unspecified atom stereocenters. The molecule has 0 aromatic carbocycles. The molecule has 3 rings (SSSR count). The first-order valence-electron chi connectivity index (χ1n) is 7.42. The number of rotatable bonds is 6. The Hall–Kier alpha value is -2.45. The van der Waals surface area contributed by atoms with E-state index in [1.165, 1.54) is 4.68 Å². The van der Waals surface area contributed by atoms with Gasteiger partial charge in [0.05, 0.1) is 12.1 Å². The predicted molar refractivity (Wildman–Crippen MR) is 75.8 cm³/mol. The Labute approximate surface area is 131 Å². The standard InChI is InChI=1S/C14H16F2N6O/c1-2-9(13-17-6-3-7-18-13)19-14(23)10-11(12(15)16)22(21-20-10)8-4-5-8/h3,6-9,12H,2,4-5H2,1H3,(H,19,23). The van der Waals surface area contributed by atoms with Gasteiger partial charge in [0.25, 0.3) is 12.3 Å². The zero-order valence-electron chi connectivity index (χ0n) is 12.5. The number of carbonyl (C=O) groups excluding carboxylic acids is 1. The molecular formula is C14H16F2N6O. The summed E-state index contributed by atoms with van der Waals surface area (Å²) in [6.45, 7) is 1.84. The van der Waals surface area contributed by atoms with E-state index >= 15 is 0 Å². The van der Waals surface area contributed by atoms with Crippen LogP contribution in [0.25, 0.3) is 0 Å². The van der Waals surface area contributed by atoms with Crippen molar-refractivity contribution >= 4 is 5.91 Å². The summed E-state index contributed by atoms with van der Waals surface area (Å²) in [5.41, 5.74) is -0.755. The molecule has 9 heteroatoms. The van der Waals surface area contributed by atoms with Crippen molar-refractivity contribution in [3.63, 3.8) is 0 Å². The number of nitrogens with zero attached hydrogens (tertiary/aromatic N) is 5. The fourth-order valence-corrected chi connectivity index (χ4v) is 2.32. The van der Waals surface area contributed by atoms with Crippen LogP contribution in [0.2, 0.25) is 0 Å². The Bertz CT molecular complexity index is 686. The number of hydrogen-bond donors (Lipinski definition) is 1. The molecule has 1 fully saturated rings. The molecule has 1 aliphatic carbocycles. The molecular weight excluding hydrogens is 306 g/mol. The van der Waals surface area contributed by atoms with E-state index in [1.807, 2.05) is 6.92 Å². The lowest BCUT2D eigenvalue weighted by molar-refractivity contribution is 0.0911. The van der Waals surface area contributed by atoms with E-state index in [9.17, 15) is 13.6 Å². The van der Waals surface area contributed by atoms with Crippen molar-refractivity contribution in [3.05, 3.63) is 35.7 Å². The third-order valence-corrected chi connectivity index (χ3v) is 3.66. The Morgan fingerprint density at radius 1 is 1.39 bits per heavy atom. The summed E-state index contributed by atoms with van der Waals surface area (Å²) in [5, 5.41) is 10.0. The van der Waals surface area contributed by atoms with Crippen LogP contribution < -0.4 is 5.32 Å². The molecule has 122 valence electrons. The highest BCUT2D eigenvalue weighted by Crippen LogP contribution is 2.37. The molecule has 0 saturated heterocycles. The first-order chi connectivity index (χ1) is 11.1. The van der Waals surface area contributed by atoms with Crippen LogP contribution in [0, 0.1) is 0 Å². The lowest BCUT2D eigenvalue weighted by Crippen LogP contribution is -2.30. The maximum absolute atomic E-state index is 13.3. The highest BCUT2D eigenvalue weighted by Gasteiger charge is 2.34. The van der Waals surface area contributed by atoms with Crippen LogP contribution in [0.5, 0.6) is 0 Å². The van der Waals surface area contributed by atoms with Crippen molar-refractivity contribution in [2.75, 3.05) is 0 Å². The van der Waals surface area contributed by atoms with Gasteiger partial charge in [-0.1, -0.05) is 12.1 Å². The van der Waals surface area contributed by atoms with Gasteiger partial charge in [0, 0.05) is 12.4 Å². The Balaban J connectivity index is 1.83. The van der Waals surface area contributed by atoms with Crippen molar-refractivity contribution in [2.24, 2.45) is 0 Å². The highest BCUT2D eigenvalue weighted by molar-refractivity contribution is 5.93. The van der Waals surface area contributed by atoms with Crippen LogP contribution in [0.15, 0.2) is 18.5 Å². The molecule has 1 aliphatic rings. The zero-order valence-corrected chi connectivity index (χ0v) is 12.5. The SMILES string of the molecule is CCC(NC(=O)c1nnn(C2CC2)c1C(F)F)c1ncccn1. The van der Waals surface area contributed by atoms with Gasteiger partial charge in [-0.15, -0.1) is 5.10 Å². The maximum Gasteiger partial charge on any atom is 0.282 e. The quantitative estimate of drug-likeness (QED) is 0.881. The summed E-state index contributed by atoms with van der Waals surface area (Å²) in [4.78, 5) is 20.5. The van der Waals surface area contributed by atoms with Gasteiger partial charge in [-0.05, 0) is 25.3 Å². The van der Waals surface area contributed by atoms with Gasteiger partial charge in [0.15, 0.2) is 5.69 Å². The van der Waals surface area contributed by atoms with E-state index < -0.39 is 24.1 Å². The van der Waals surface area contributed by atoms with Crippen molar-refractivity contribution in [1.82, 2.24) is 30.3 Å². The van der Waals surface area contributed by atoms with Gasteiger partial charge in [0.2, 0.25) is 0 Å². The van der Waals surface area contributed by atoms with Crippen LogP contribution in [-0.4, -0.2) is 30.9 Å². The fraction of sp³-hybridized carbons (Fsp3) is 0.500. The molecule has 1 saturated carbocycles. The van der Waals surface area contributed by atoms with Gasteiger partial charge >= 0.3 is 0 Å². The third kappa shape index (κ3) is 3.17. The fourth-order valence-electron chi connectivity index (χ4n) is 2.32. The van der Waals surface area contributed by atoms with Crippen molar-refractivity contribution in [3.8, 4) is 0 Å². The Morgan fingerprint density at radius 2 is 2.09 bits per heavy atom. The molecule has 2 aromatic heterocycles. The summed E-state index contributed by atoms with van der Waals surface area (Å²) in [5.74, 6) is -0.261. The van der Waals surface area contributed by atoms with E-state index in [0.717, 1.165) is 12.8 Å². The largest absolute Gasteiger partial charge is 0.341 e. The van der Waals surface area contributed by atoms with Crippen molar-refractivity contribution in [1.29, 1.82) is 0 Å². The highest BCUT2D eigenvalue weighted by atomic mass is 19.3. The van der Waals surface area contributed by atoms with Crippen molar-refractivity contribution in [2.45, 2.75) is 44.7 Å². The second-order valence-electron chi connectivity index (χ2n) is 5.34. The summed E-state index contributed by atoms with van der Waals surface area (Å²) in [7, 11) is 0. The third-order valence-electron chi connectivity index (χ3n) is 3.66. The molecule has 0 aliphatic heterocycles. The lowest BCUT2D eigenvalue weighted by Gasteiger charge is -2.15. The van der Waals surface area contributed by atoms with Crippen LogP contribution in [0.3, 0.4) is 0 Å². The molecule has 7 nitrogen and oxygen atoms in total.